The second kappa shape index (κ2) is 16.7. The van der Waals surface area contributed by atoms with Crippen LogP contribution in [-0.4, -0.2) is 55.1 Å². The molecule has 5 nitrogen and oxygen atoms in total. The van der Waals surface area contributed by atoms with E-state index in [1.807, 2.05) is 0 Å². The van der Waals surface area contributed by atoms with Crippen molar-refractivity contribution in [3.8, 4) is 0 Å². The summed E-state index contributed by atoms with van der Waals surface area (Å²) in [6.45, 7) is 2.65. The summed E-state index contributed by atoms with van der Waals surface area (Å²) >= 11 is 0. The summed E-state index contributed by atoms with van der Waals surface area (Å²) in [5, 5.41) is 19.3. The van der Waals surface area contributed by atoms with Gasteiger partial charge in [-0.3, -0.25) is 0 Å². The first kappa shape index (κ1) is 24.8. The van der Waals surface area contributed by atoms with Crippen LogP contribution < -0.4 is 0 Å². The summed E-state index contributed by atoms with van der Waals surface area (Å²) in [6.07, 6.45) is 16.1. The van der Waals surface area contributed by atoms with E-state index in [4.69, 9.17) is 14.2 Å². The molecule has 0 amide bonds. The van der Waals surface area contributed by atoms with Gasteiger partial charge in [-0.2, -0.15) is 0 Å². The third-order valence-corrected chi connectivity index (χ3v) is 5.52. The monoisotopic (exact) mass is 388 g/mol. The van der Waals surface area contributed by atoms with Crippen molar-refractivity contribution < 1.29 is 24.4 Å². The number of ether oxygens (including phenoxy) is 3. The number of aliphatic hydroxyl groups is 2. The Labute approximate surface area is 166 Å². The topological polar surface area (TPSA) is 68.2 Å². The van der Waals surface area contributed by atoms with Gasteiger partial charge in [-0.1, -0.05) is 90.4 Å². The van der Waals surface area contributed by atoms with Crippen molar-refractivity contribution >= 4 is 0 Å². The Balaban J connectivity index is 1.86. The Morgan fingerprint density at radius 2 is 1.26 bits per heavy atom. The number of methoxy groups -OCH3 is 1. The van der Waals surface area contributed by atoms with Gasteiger partial charge in [0.25, 0.3) is 0 Å². The van der Waals surface area contributed by atoms with Crippen molar-refractivity contribution in [1.29, 1.82) is 0 Å². The van der Waals surface area contributed by atoms with Crippen LogP contribution in [0.4, 0.5) is 0 Å². The predicted molar refractivity (Wildman–Crippen MR) is 109 cm³/mol. The Morgan fingerprint density at radius 3 is 1.70 bits per heavy atom. The molecule has 1 fully saturated rings. The SMILES string of the molecule is CCCCCCCCCCCCCCCCO[C@H]1[C@H](OC)O[C@H](CO)[C@H]1O. The van der Waals surface area contributed by atoms with E-state index in [0.717, 1.165) is 12.8 Å². The molecule has 5 heteroatoms. The Morgan fingerprint density at radius 1 is 0.778 bits per heavy atom. The summed E-state index contributed by atoms with van der Waals surface area (Å²) in [7, 11) is 1.53. The fourth-order valence-corrected chi connectivity index (χ4v) is 3.74. The number of rotatable bonds is 18. The highest BCUT2D eigenvalue weighted by molar-refractivity contribution is 4.87. The first-order valence-corrected chi connectivity index (χ1v) is 11.3. The van der Waals surface area contributed by atoms with Crippen LogP contribution in [0, 0.1) is 0 Å². The maximum atomic E-state index is 10.1. The van der Waals surface area contributed by atoms with E-state index < -0.39 is 24.6 Å². The minimum Gasteiger partial charge on any atom is -0.394 e. The van der Waals surface area contributed by atoms with Crippen molar-refractivity contribution in [1.82, 2.24) is 0 Å². The van der Waals surface area contributed by atoms with Gasteiger partial charge in [0.1, 0.15) is 18.3 Å². The van der Waals surface area contributed by atoms with Gasteiger partial charge in [0.15, 0.2) is 6.29 Å². The van der Waals surface area contributed by atoms with Crippen LogP contribution in [0.15, 0.2) is 0 Å². The normalized spacial score (nSPS) is 25.3. The van der Waals surface area contributed by atoms with Gasteiger partial charge in [-0.25, -0.2) is 0 Å². The second-order valence-electron chi connectivity index (χ2n) is 7.88. The average molecular weight is 389 g/mol. The van der Waals surface area contributed by atoms with E-state index in [2.05, 4.69) is 6.92 Å². The highest BCUT2D eigenvalue weighted by atomic mass is 16.7. The molecule has 0 radical (unpaired) electrons. The summed E-state index contributed by atoms with van der Waals surface area (Å²) in [4.78, 5) is 0. The minimum absolute atomic E-state index is 0.222. The fraction of sp³-hybridized carbons (Fsp3) is 1.00. The summed E-state index contributed by atoms with van der Waals surface area (Å²) in [6, 6.07) is 0. The standard InChI is InChI=1S/C22H44O5/c1-3-4-5-6-7-8-9-10-11-12-13-14-15-16-17-26-21-20(24)19(18-23)27-22(21)25-2/h19-24H,3-18H2,1-2H3/t19-,20-,21-,22-/m1/s1. The maximum Gasteiger partial charge on any atom is 0.186 e. The van der Waals surface area contributed by atoms with Crippen molar-refractivity contribution in [3.63, 3.8) is 0 Å². The molecule has 2 N–H and O–H groups in total. The Kier molecular flexibility index (Phi) is 15.4. The molecule has 0 spiro atoms. The van der Waals surface area contributed by atoms with Crippen molar-refractivity contribution in [3.05, 3.63) is 0 Å². The smallest absolute Gasteiger partial charge is 0.186 e. The van der Waals surface area contributed by atoms with Crippen LogP contribution in [-0.2, 0) is 14.2 Å². The van der Waals surface area contributed by atoms with Gasteiger partial charge in [0, 0.05) is 13.7 Å². The molecule has 1 heterocycles. The molecule has 1 aliphatic heterocycles. The minimum atomic E-state index is -0.827. The van der Waals surface area contributed by atoms with Crippen LogP contribution in [0.25, 0.3) is 0 Å². The zero-order chi connectivity index (χ0) is 19.7. The lowest BCUT2D eigenvalue weighted by Gasteiger charge is -2.19. The lowest BCUT2D eigenvalue weighted by molar-refractivity contribution is -0.165. The molecular weight excluding hydrogens is 344 g/mol. The second-order valence-corrected chi connectivity index (χ2v) is 7.88. The lowest BCUT2D eigenvalue weighted by atomic mass is 10.0. The van der Waals surface area contributed by atoms with Crippen LogP contribution in [0.3, 0.4) is 0 Å². The molecular formula is C22H44O5. The number of unbranched alkanes of at least 4 members (excludes halogenated alkanes) is 13. The largest absolute Gasteiger partial charge is 0.394 e. The fourth-order valence-electron chi connectivity index (χ4n) is 3.74. The predicted octanol–water partition coefficient (Wildman–Crippen LogP) is 4.58. The van der Waals surface area contributed by atoms with E-state index in [9.17, 15) is 10.2 Å². The van der Waals surface area contributed by atoms with E-state index in [0.29, 0.717) is 6.61 Å². The first-order valence-electron chi connectivity index (χ1n) is 11.3. The van der Waals surface area contributed by atoms with Gasteiger partial charge >= 0.3 is 0 Å². The lowest BCUT2D eigenvalue weighted by Crippen LogP contribution is -2.37. The summed E-state index contributed by atoms with van der Waals surface area (Å²) in [5.41, 5.74) is 0. The maximum absolute atomic E-state index is 10.1. The van der Waals surface area contributed by atoms with Crippen molar-refractivity contribution in [2.75, 3.05) is 20.3 Å². The number of aliphatic hydroxyl groups excluding tert-OH is 2. The highest BCUT2D eigenvalue weighted by Crippen LogP contribution is 2.24. The molecule has 0 saturated carbocycles. The quantitative estimate of drug-likeness (QED) is 0.336. The Bertz CT molecular complexity index is 324. The molecule has 0 aromatic rings. The molecule has 27 heavy (non-hydrogen) atoms. The molecule has 1 saturated heterocycles. The van der Waals surface area contributed by atoms with Gasteiger partial charge in [0.2, 0.25) is 0 Å². The third-order valence-electron chi connectivity index (χ3n) is 5.52. The van der Waals surface area contributed by atoms with E-state index in [1.54, 1.807) is 0 Å². The van der Waals surface area contributed by atoms with Gasteiger partial charge in [-0.05, 0) is 6.42 Å². The van der Waals surface area contributed by atoms with Crippen LogP contribution in [0.1, 0.15) is 96.8 Å². The molecule has 0 bridgehead atoms. The molecule has 1 aliphatic rings. The van der Waals surface area contributed by atoms with E-state index in [-0.39, 0.29) is 6.61 Å². The molecule has 162 valence electrons. The molecule has 0 aliphatic carbocycles. The third kappa shape index (κ3) is 10.8. The Hall–Kier alpha value is -0.200. The van der Waals surface area contributed by atoms with E-state index >= 15 is 0 Å². The van der Waals surface area contributed by atoms with E-state index in [1.165, 1.54) is 84.2 Å². The zero-order valence-electron chi connectivity index (χ0n) is 17.7. The van der Waals surface area contributed by atoms with Crippen molar-refractivity contribution in [2.24, 2.45) is 0 Å². The molecule has 1 rings (SSSR count). The van der Waals surface area contributed by atoms with Crippen LogP contribution in [0.2, 0.25) is 0 Å². The average Bonchev–Trinajstić information content (AvgIpc) is 3.00. The summed E-state index contributed by atoms with van der Waals surface area (Å²) < 4.78 is 16.3. The molecule has 0 unspecified atom stereocenters. The van der Waals surface area contributed by atoms with Crippen LogP contribution in [0.5, 0.6) is 0 Å². The van der Waals surface area contributed by atoms with Gasteiger partial charge in [-0.15, -0.1) is 0 Å². The number of hydrogen-bond acceptors (Lipinski definition) is 5. The summed E-state index contributed by atoms with van der Waals surface area (Å²) in [5.74, 6) is 0. The van der Waals surface area contributed by atoms with Gasteiger partial charge < -0.3 is 24.4 Å². The van der Waals surface area contributed by atoms with Gasteiger partial charge in [0.05, 0.1) is 6.61 Å². The zero-order valence-corrected chi connectivity index (χ0v) is 17.7. The highest BCUT2D eigenvalue weighted by Gasteiger charge is 2.44. The molecule has 4 atom stereocenters. The molecule has 0 aromatic heterocycles. The van der Waals surface area contributed by atoms with Crippen molar-refractivity contribution in [2.45, 2.75) is 121 Å². The first-order chi connectivity index (χ1) is 13.2. The number of hydrogen-bond donors (Lipinski definition) is 2. The van der Waals surface area contributed by atoms with Crippen LogP contribution >= 0.6 is 0 Å². The molecule has 0 aromatic carbocycles.